The van der Waals surface area contributed by atoms with Crippen LogP contribution < -0.4 is 5.32 Å². The van der Waals surface area contributed by atoms with E-state index in [4.69, 9.17) is 0 Å². The maximum Gasteiger partial charge on any atom is 0.267 e. The second kappa shape index (κ2) is 5.32. The van der Waals surface area contributed by atoms with Crippen LogP contribution in [-0.4, -0.2) is 35.6 Å². The molecule has 0 aromatic carbocycles. The Morgan fingerprint density at radius 1 is 1.17 bits per heavy atom. The van der Waals surface area contributed by atoms with Gasteiger partial charge in [-0.1, -0.05) is 0 Å². The number of hydrogen-bond acceptors (Lipinski definition) is 3. The molecule has 5 heteroatoms. The van der Waals surface area contributed by atoms with Gasteiger partial charge in [0, 0.05) is 25.9 Å². The van der Waals surface area contributed by atoms with E-state index >= 15 is 0 Å². The van der Waals surface area contributed by atoms with Crippen molar-refractivity contribution >= 4 is 17.5 Å². The maximum absolute atomic E-state index is 12.6. The lowest BCUT2D eigenvalue weighted by atomic mass is 9.48. The molecule has 4 saturated carbocycles. The summed E-state index contributed by atoms with van der Waals surface area (Å²) in [4.78, 5) is 24.1. The lowest BCUT2D eigenvalue weighted by Gasteiger charge is -2.59. The predicted molar refractivity (Wildman–Crippen MR) is 87.6 cm³/mol. The zero-order valence-electron chi connectivity index (χ0n) is 14.2. The van der Waals surface area contributed by atoms with Crippen LogP contribution in [0.3, 0.4) is 0 Å². The average Bonchev–Trinajstić information content (AvgIpc) is 2.48. The first-order valence-corrected chi connectivity index (χ1v) is 9.10. The standard InChI is InChI=1S/C18H27N3O2/c1-11(19-17(23)15-3-4-16(22)21(2)20-15)18-8-12-5-13(9-18)7-14(6-12)10-18/h11-14H,3-10H2,1-2H3,(H,19,23)/t11-,12?,13?,14?,18?/m1/s1. The van der Waals surface area contributed by atoms with Gasteiger partial charge in [-0.2, -0.15) is 5.10 Å². The van der Waals surface area contributed by atoms with Gasteiger partial charge in [0.05, 0.1) is 0 Å². The number of hydrogen-bond donors (Lipinski definition) is 1. The smallest absolute Gasteiger partial charge is 0.267 e. The van der Waals surface area contributed by atoms with Crippen molar-refractivity contribution in [2.75, 3.05) is 7.05 Å². The van der Waals surface area contributed by atoms with Crippen molar-refractivity contribution in [2.45, 2.75) is 64.3 Å². The number of hydrazone groups is 1. The molecule has 5 nitrogen and oxygen atoms in total. The first kappa shape index (κ1) is 15.2. The lowest BCUT2D eigenvalue weighted by molar-refractivity contribution is -0.130. The molecule has 0 spiro atoms. The van der Waals surface area contributed by atoms with Crippen LogP contribution in [0.4, 0.5) is 0 Å². The van der Waals surface area contributed by atoms with Gasteiger partial charge in [-0.15, -0.1) is 0 Å². The number of nitrogens with one attached hydrogen (secondary N) is 1. The Hall–Kier alpha value is -1.39. The summed E-state index contributed by atoms with van der Waals surface area (Å²) >= 11 is 0. The third-order valence-corrected chi connectivity index (χ3v) is 6.82. The lowest BCUT2D eigenvalue weighted by Crippen LogP contribution is -2.56. The van der Waals surface area contributed by atoms with E-state index in [0.717, 1.165) is 17.8 Å². The van der Waals surface area contributed by atoms with Gasteiger partial charge in [-0.3, -0.25) is 9.59 Å². The third kappa shape index (κ3) is 2.58. The molecule has 4 fully saturated rings. The van der Waals surface area contributed by atoms with Crippen LogP contribution >= 0.6 is 0 Å². The molecule has 0 radical (unpaired) electrons. The number of carbonyl (C=O) groups is 2. The maximum atomic E-state index is 12.6. The van der Waals surface area contributed by atoms with E-state index in [-0.39, 0.29) is 17.9 Å². The van der Waals surface area contributed by atoms with Crippen molar-refractivity contribution in [3.63, 3.8) is 0 Å². The highest BCUT2D eigenvalue weighted by Gasteiger charge is 2.53. The Balaban J connectivity index is 1.46. The fraction of sp³-hybridized carbons (Fsp3) is 0.833. The van der Waals surface area contributed by atoms with Gasteiger partial charge in [0.1, 0.15) is 5.71 Å². The summed E-state index contributed by atoms with van der Waals surface area (Å²) in [5.74, 6) is 2.56. The normalized spacial score (nSPS) is 40.1. The minimum Gasteiger partial charge on any atom is -0.348 e. The van der Waals surface area contributed by atoms with Gasteiger partial charge in [-0.05, 0) is 68.6 Å². The molecule has 126 valence electrons. The molecule has 1 aliphatic heterocycles. The molecule has 0 unspecified atom stereocenters. The highest BCUT2D eigenvalue weighted by Crippen LogP contribution is 2.61. The molecule has 5 aliphatic rings. The van der Waals surface area contributed by atoms with Gasteiger partial charge >= 0.3 is 0 Å². The van der Waals surface area contributed by atoms with Gasteiger partial charge in [0.25, 0.3) is 5.91 Å². The van der Waals surface area contributed by atoms with E-state index in [9.17, 15) is 9.59 Å². The topological polar surface area (TPSA) is 61.8 Å². The molecule has 0 aromatic heterocycles. The number of carbonyl (C=O) groups excluding carboxylic acids is 2. The SMILES string of the molecule is C[C@@H](NC(=O)C1=NN(C)C(=O)CC1)C12CC3CC(CC(C3)C1)C2. The fourth-order valence-corrected chi connectivity index (χ4v) is 5.97. The highest BCUT2D eigenvalue weighted by atomic mass is 16.2. The Bertz CT molecular complexity index is 533. The third-order valence-electron chi connectivity index (χ3n) is 6.82. The van der Waals surface area contributed by atoms with E-state index in [1.165, 1.54) is 43.5 Å². The monoisotopic (exact) mass is 317 g/mol. The molecule has 1 atom stereocenters. The second-order valence-corrected chi connectivity index (χ2v) is 8.44. The van der Waals surface area contributed by atoms with Crippen molar-refractivity contribution in [1.82, 2.24) is 10.3 Å². The summed E-state index contributed by atoms with van der Waals surface area (Å²) < 4.78 is 0. The fourth-order valence-electron chi connectivity index (χ4n) is 5.97. The molecule has 1 heterocycles. The van der Waals surface area contributed by atoms with Crippen LogP contribution in [0, 0.1) is 23.2 Å². The predicted octanol–water partition coefficient (Wildman–Crippen LogP) is 2.32. The molecule has 2 amide bonds. The number of rotatable bonds is 3. The molecule has 0 aromatic rings. The molecule has 0 saturated heterocycles. The largest absolute Gasteiger partial charge is 0.348 e. The molecule has 23 heavy (non-hydrogen) atoms. The van der Waals surface area contributed by atoms with E-state index in [1.807, 2.05) is 0 Å². The van der Waals surface area contributed by atoms with Crippen LogP contribution in [0.25, 0.3) is 0 Å². The van der Waals surface area contributed by atoms with Crippen molar-refractivity contribution < 1.29 is 9.59 Å². The summed E-state index contributed by atoms with van der Waals surface area (Å²) in [5, 5.41) is 8.68. The first-order valence-electron chi connectivity index (χ1n) is 9.10. The molecular formula is C18H27N3O2. The summed E-state index contributed by atoms with van der Waals surface area (Å²) in [6.45, 7) is 2.18. The summed E-state index contributed by atoms with van der Waals surface area (Å²) in [6, 6.07) is 0.203. The minimum absolute atomic E-state index is 0.0179. The molecule has 4 bridgehead atoms. The van der Waals surface area contributed by atoms with Crippen LogP contribution in [0.5, 0.6) is 0 Å². The first-order chi connectivity index (χ1) is 10.9. The van der Waals surface area contributed by atoms with Gasteiger partial charge in [0.15, 0.2) is 0 Å². The Kier molecular flexibility index (Phi) is 3.50. The Morgan fingerprint density at radius 3 is 2.26 bits per heavy atom. The zero-order valence-corrected chi connectivity index (χ0v) is 14.2. The van der Waals surface area contributed by atoms with E-state index in [1.54, 1.807) is 7.05 Å². The van der Waals surface area contributed by atoms with Crippen LogP contribution in [-0.2, 0) is 9.59 Å². The summed E-state index contributed by atoms with van der Waals surface area (Å²) in [6.07, 6.45) is 8.94. The molecule has 1 N–H and O–H groups in total. The quantitative estimate of drug-likeness (QED) is 0.868. The molecule has 5 rings (SSSR count). The van der Waals surface area contributed by atoms with Crippen molar-refractivity contribution in [1.29, 1.82) is 0 Å². The summed E-state index contributed by atoms with van der Waals surface area (Å²) in [5.41, 5.74) is 0.810. The summed E-state index contributed by atoms with van der Waals surface area (Å²) in [7, 11) is 1.62. The van der Waals surface area contributed by atoms with Gasteiger partial charge < -0.3 is 5.32 Å². The van der Waals surface area contributed by atoms with Gasteiger partial charge in [0.2, 0.25) is 5.91 Å². The second-order valence-electron chi connectivity index (χ2n) is 8.44. The highest BCUT2D eigenvalue weighted by molar-refractivity contribution is 6.39. The van der Waals surface area contributed by atoms with Crippen molar-refractivity contribution in [3.05, 3.63) is 0 Å². The van der Waals surface area contributed by atoms with Gasteiger partial charge in [-0.25, -0.2) is 5.01 Å². The molecule has 4 aliphatic carbocycles. The average molecular weight is 317 g/mol. The van der Waals surface area contributed by atoms with E-state index in [0.29, 0.717) is 24.0 Å². The Labute approximate surface area is 137 Å². The van der Waals surface area contributed by atoms with Crippen molar-refractivity contribution in [3.8, 4) is 0 Å². The minimum atomic E-state index is -0.0763. The van der Waals surface area contributed by atoms with Crippen LogP contribution in [0.15, 0.2) is 5.10 Å². The van der Waals surface area contributed by atoms with Crippen LogP contribution in [0.1, 0.15) is 58.3 Å². The number of amides is 2. The number of nitrogens with zero attached hydrogens (tertiary/aromatic N) is 2. The molecular weight excluding hydrogens is 290 g/mol. The Morgan fingerprint density at radius 2 is 1.74 bits per heavy atom. The zero-order chi connectivity index (χ0) is 16.2. The van der Waals surface area contributed by atoms with E-state index in [2.05, 4.69) is 17.3 Å². The van der Waals surface area contributed by atoms with Crippen molar-refractivity contribution in [2.24, 2.45) is 28.3 Å². The van der Waals surface area contributed by atoms with Crippen LogP contribution in [0.2, 0.25) is 0 Å². The van der Waals surface area contributed by atoms with E-state index < -0.39 is 0 Å².